The number of amides is 2. The minimum absolute atomic E-state index is 0.00499. The summed E-state index contributed by atoms with van der Waals surface area (Å²) in [6.07, 6.45) is 2.37. The molecule has 1 atom stereocenters. The van der Waals surface area contributed by atoms with Crippen molar-refractivity contribution in [2.75, 3.05) is 18.6 Å². The maximum absolute atomic E-state index is 13.8. The predicted octanol–water partition coefficient (Wildman–Crippen LogP) is 4.47. The van der Waals surface area contributed by atoms with Gasteiger partial charge in [0.2, 0.25) is 11.8 Å². The first kappa shape index (κ1) is 27.3. The fourth-order valence-electron chi connectivity index (χ4n) is 5.16. The number of carbonyl (C=O) groups excluding carboxylic acids is 2. The average Bonchev–Trinajstić information content (AvgIpc) is 3.23. The molecule has 0 unspecified atom stereocenters. The molecule has 8 nitrogen and oxygen atoms in total. The molecule has 0 aliphatic carbocycles. The Labute approximate surface area is 237 Å². The van der Waals surface area contributed by atoms with Gasteiger partial charge in [-0.05, 0) is 60.9 Å². The number of likely N-dealkylation sites (N-methyl/N-ethyl adjacent to an activating group) is 1. The number of anilines is 1. The lowest BCUT2D eigenvalue weighted by Crippen LogP contribution is -2.49. The molecule has 3 aromatic carbocycles. The predicted molar refractivity (Wildman–Crippen MR) is 157 cm³/mol. The monoisotopic (exact) mass is 555 g/mol. The van der Waals surface area contributed by atoms with Gasteiger partial charge in [-0.2, -0.15) is 10.2 Å². The minimum Gasteiger partial charge on any atom is -0.396 e. The van der Waals surface area contributed by atoms with Gasteiger partial charge in [0, 0.05) is 42.2 Å². The number of carbonyl (C=O) groups is 2. The minimum atomic E-state index is -0.797. The summed E-state index contributed by atoms with van der Waals surface area (Å²) >= 11 is 6.51. The van der Waals surface area contributed by atoms with Crippen LogP contribution in [-0.4, -0.2) is 51.4 Å². The van der Waals surface area contributed by atoms with Crippen molar-refractivity contribution in [3.05, 3.63) is 101 Å². The smallest absolute Gasteiger partial charge is 0.249 e. The molecule has 2 N–H and O–H groups in total. The van der Waals surface area contributed by atoms with Crippen molar-refractivity contribution in [1.29, 1.82) is 0 Å². The summed E-state index contributed by atoms with van der Waals surface area (Å²) in [4.78, 5) is 28.9. The van der Waals surface area contributed by atoms with Gasteiger partial charge in [0.15, 0.2) is 0 Å². The van der Waals surface area contributed by atoms with E-state index in [1.54, 1.807) is 24.2 Å². The Bertz CT molecular complexity index is 1690. The number of fused-ring (bicyclic) bond motifs is 2. The zero-order chi connectivity index (χ0) is 28.2. The summed E-state index contributed by atoms with van der Waals surface area (Å²) < 4.78 is 1.89. The molecule has 0 saturated carbocycles. The van der Waals surface area contributed by atoms with Crippen LogP contribution in [0.4, 0.5) is 5.69 Å². The molecule has 0 aliphatic rings. The van der Waals surface area contributed by atoms with Crippen molar-refractivity contribution in [2.45, 2.75) is 32.4 Å². The maximum atomic E-state index is 13.8. The fraction of sp³-hybridized carbons (Fsp3) is 0.226. The second-order valence-electron chi connectivity index (χ2n) is 9.74. The van der Waals surface area contributed by atoms with E-state index in [4.69, 9.17) is 11.6 Å². The molecule has 9 heteroatoms. The quantitative estimate of drug-likeness (QED) is 0.279. The average molecular weight is 556 g/mol. The molecule has 5 aromatic rings. The highest BCUT2D eigenvalue weighted by molar-refractivity contribution is 6.35. The largest absolute Gasteiger partial charge is 0.396 e. The van der Waals surface area contributed by atoms with Crippen LogP contribution in [0.1, 0.15) is 16.8 Å². The first-order chi connectivity index (χ1) is 19.4. The standard InChI is InChI=1S/C31H30ClN5O3/c1-20-24(14-16-38)30-25(32)9-6-10-28(30)37(20)19-29(39)34-27(17-21-7-4-3-5-8-21)31(40)36(2)23-11-12-26-22(18-23)13-15-33-35-26/h3-13,15,18,27,38H,14,16-17,19H2,1-2H3,(H,34,39)/t27-/m0/s1. The Balaban J connectivity index is 1.43. The van der Waals surface area contributed by atoms with Crippen LogP contribution in [0, 0.1) is 6.92 Å². The highest BCUT2D eigenvalue weighted by Gasteiger charge is 2.26. The van der Waals surface area contributed by atoms with Crippen LogP contribution in [0.2, 0.25) is 5.02 Å². The Morgan fingerprint density at radius 2 is 1.88 bits per heavy atom. The molecule has 204 valence electrons. The number of hydrogen-bond donors (Lipinski definition) is 2. The molecule has 0 spiro atoms. The summed E-state index contributed by atoms with van der Waals surface area (Å²) in [5.41, 5.74) is 4.93. The Morgan fingerprint density at radius 3 is 2.65 bits per heavy atom. The highest BCUT2D eigenvalue weighted by atomic mass is 35.5. The topological polar surface area (TPSA) is 100 Å². The van der Waals surface area contributed by atoms with Crippen molar-refractivity contribution < 1.29 is 14.7 Å². The van der Waals surface area contributed by atoms with E-state index in [-0.39, 0.29) is 25.0 Å². The van der Waals surface area contributed by atoms with E-state index in [2.05, 4.69) is 15.5 Å². The van der Waals surface area contributed by atoms with Crippen molar-refractivity contribution in [3.63, 3.8) is 0 Å². The Kier molecular flexibility index (Phi) is 8.09. The normalized spacial score (nSPS) is 12.0. The molecule has 5 rings (SSSR count). The van der Waals surface area contributed by atoms with Gasteiger partial charge < -0.3 is 19.9 Å². The van der Waals surface area contributed by atoms with E-state index in [9.17, 15) is 14.7 Å². The van der Waals surface area contributed by atoms with E-state index >= 15 is 0 Å². The summed E-state index contributed by atoms with van der Waals surface area (Å²) in [5.74, 6) is -0.538. The third kappa shape index (κ3) is 5.54. The molecular formula is C31H30ClN5O3. The number of nitrogens with zero attached hydrogens (tertiary/aromatic N) is 4. The number of hydrogen-bond acceptors (Lipinski definition) is 5. The van der Waals surface area contributed by atoms with Crippen LogP contribution in [0.5, 0.6) is 0 Å². The van der Waals surface area contributed by atoms with Crippen molar-refractivity contribution >= 4 is 50.9 Å². The van der Waals surface area contributed by atoms with Gasteiger partial charge in [0.25, 0.3) is 0 Å². The van der Waals surface area contributed by atoms with Gasteiger partial charge in [-0.1, -0.05) is 48.0 Å². The van der Waals surface area contributed by atoms with Crippen LogP contribution in [0.25, 0.3) is 21.8 Å². The molecule has 0 fully saturated rings. The number of rotatable bonds is 9. The van der Waals surface area contributed by atoms with Gasteiger partial charge in [0.05, 0.1) is 22.3 Å². The summed E-state index contributed by atoms with van der Waals surface area (Å²) in [5, 5.41) is 22.9. The second-order valence-corrected chi connectivity index (χ2v) is 10.1. The molecule has 2 amide bonds. The number of aliphatic hydroxyl groups is 1. The second kappa shape index (κ2) is 11.9. The van der Waals surface area contributed by atoms with Crippen LogP contribution in [0.15, 0.2) is 79.0 Å². The zero-order valence-electron chi connectivity index (χ0n) is 22.3. The van der Waals surface area contributed by atoms with Crippen LogP contribution >= 0.6 is 11.6 Å². The first-order valence-corrected chi connectivity index (χ1v) is 13.4. The third-order valence-electron chi connectivity index (χ3n) is 7.22. The number of benzene rings is 3. The summed E-state index contributed by atoms with van der Waals surface area (Å²) in [6, 6.07) is 21.7. The van der Waals surface area contributed by atoms with E-state index in [1.165, 1.54) is 0 Å². The Morgan fingerprint density at radius 1 is 1.07 bits per heavy atom. The maximum Gasteiger partial charge on any atom is 0.249 e. The van der Waals surface area contributed by atoms with E-state index < -0.39 is 6.04 Å². The lowest BCUT2D eigenvalue weighted by atomic mass is 10.0. The van der Waals surface area contributed by atoms with Crippen molar-refractivity contribution in [1.82, 2.24) is 20.1 Å². The van der Waals surface area contributed by atoms with Crippen molar-refractivity contribution in [2.24, 2.45) is 0 Å². The molecule has 2 aromatic heterocycles. The van der Waals surface area contributed by atoms with E-state index in [0.29, 0.717) is 23.6 Å². The first-order valence-electron chi connectivity index (χ1n) is 13.1. The zero-order valence-corrected chi connectivity index (χ0v) is 23.1. The SMILES string of the molecule is Cc1c(CCO)c2c(Cl)cccc2n1CC(=O)N[C@@H](Cc1ccccc1)C(=O)N(C)c1ccc2nnccc2c1. The van der Waals surface area contributed by atoms with Gasteiger partial charge in [-0.3, -0.25) is 9.59 Å². The molecule has 0 aliphatic heterocycles. The van der Waals surface area contributed by atoms with Crippen LogP contribution in [0.3, 0.4) is 0 Å². The Hall–Kier alpha value is -4.27. The van der Waals surface area contributed by atoms with Gasteiger partial charge >= 0.3 is 0 Å². The molecular weight excluding hydrogens is 526 g/mol. The third-order valence-corrected chi connectivity index (χ3v) is 7.54. The summed E-state index contributed by atoms with van der Waals surface area (Å²) in [6.45, 7) is 1.89. The molecule has 2 heterocycles. The summed E-state index contributed by atoms with van der Waals surface area (Å²) in [7, 11) is 1.70. The number of aliphatic hydroxyl groups excluding tert-OH is 1. The molecule has 40 heavy (non-hydrogen) atoms. The van der Waals surface area contributed by atoms with E-state index in [0.717, 1.165) is 38.6 Å². The number of nitrogens with one attached hydrogen (secondary N) is 1. The van der Waals surface area contributed by atoms with Gasteiger partial charge in [-0.15, -0.1) is 0 Å². The van der Waals surface area contributed by atoms with Gasteiger partial charge in [-0.25, -0.2) is 0 Å². The van der Waals surface area contributed by atoms with Crippen LogP contribution < -0.4 is 10.2 Å². The molecule has 0 radical (unpaired) electrons. The van der Waals surface area contributed by atoms with Gasteiger partial charge in [0.1, 0.15) is 12.6 Å². The molecule has 0 bridgehead atoms. The molecule has 0 saturated heterocycles. The van der Waals surface area contributed by atoms with E-state index in [1.807, 2.05) is 78.2 Å². The number of aromatic nitrogens is 3. The fourth-order valence-corrected chi connectivity index (χ4v) is 5.44. The van der Waals surface area contributed by atoms with Crippen LogP contribution in [-0.2, 0) is 29.0 Å². The lowest BCUT2D eigenvalue weighted by Gasteiger charge is -2.25. The van der Waals surface area contributed by atoms with Crippen molar-refractivity contribution in [3.8, 4) is 0 Å². The number of halogens is 1. The highest BCUT2D eigenvalue weighted by Crippen LogP contribution is 2.32. The lowest BCUT2D eigenvalue weighted by molar-refractivity contribution is -0.127.